The Morgan fingerprint density at radius 3 is 1.52 bits per heavy atom. The summed E-state index contributed by atoms with van der Waals surface area (Å²) in [6.45, 7) is 12.1. The molecule has 0 rings (SSSR count). The van der Waals surface area contributed by atoms with Gasteiger partial charge in [0.25, 0.3) is 0 Å². The molecule has 0 bridgehead atoms. The smallest absolute Gasteiger partial charge is 0.306 e. The molecule has 0 amide bonds. The van der Waals surface area contributed by atoms with Crippen molar-refractivity contribution < 1.29 is 19.1 Å². The van der Waals surface area contributed by atoms with Gasteiger partial charge in [0.15, 0.2) is 0 Å². The van der Waals surface area contributed by atoms with Crippen LogP contribution in [0.4, 0.5) is 0 Å². The minimum Gasteiger partial charge on any atom is -0.463 e. The fraction of sp³-hybridized carbons (Fsp3) is 0.913. The van der Waals surface area contributed by atoms with Crippen molar-refractivity contribution in [2.75, 3.05) is 0 Å². The van der Waals surface area contributed by atoms with E-state index in [4.69, 9.17) is 9.47 Å². The highest BCUT2D eigenvalue weighted by molar-refractivity contribution is 5.69. The Bertz CT molecular complexity index is 388. The van der Waals surface area contributed by atoms with E-state index in [-0.39, 0.29) is 24.1 Å². The number of hydrogen-bond donors (Lipinski definition) is 0. The summed E-state index contributed by atoms with van der Waals surface area (Å²) < 4.78 is 10.4. The number of carbonyl (C=O) groups excluding carboxylic acids is 2. The molecule has 0 aliphatic heterocycles. The summed E-state index contributed by atoms with van der Waals surface area (Å²) in [5.41, 5.74) is 0. The van der Waals surface area contributed by atoms with Gasteiger partial charge in [0.1, 0.15) is 0 Å². The fourth-order valence-corrected chi connectivity index (χ4v) is 3.32. The number of carbonyl (C=O) groups is 2. The van der Waals surface area contributed by atoms with Crippen LogP contribution >= 0.6 is 0 Å². The number of ether oxygens (including phenoxy) is 2. The molecule has 0 fully saturated rings. The molecular weight excluding hydrogens is 340 g/mol. The first-order chi connectivity index (χ1) is 12.7. The maximum Gasteiger partial charge on any atom is 0.306 e. The van der Waals surface area contributed by atoms with E-state index in [2.05, 4.69) is 13.8 Å². The van der Waals surface area contributed by atoms with Crippen LogP contribution in [0, 0.1) is 11.8 Å². The molecule has 0 saturated heterocycles. The fourth-order valence-electron chi connectivity index (χ4n) is 3.32. The summed E-state index contributed by atoms with van der Waals surface area (Å²) in [7, 11) is 0. The van der Waals surface area contributed by atoms with Gasteiger partial charge in [0.05, 0.1) is 12.2 Å². The molecule has 0 spiro atoms. The molecular formula is C23H44O4. The summed E-state index contributed by atoms with van der Waals surface area (Å²) in [5.74, 6) is 1.09. The van der Waals surface area contributed by atoms with Crippen LogP contribution < -0.4 is 0 Å². The van der Waals surface area contributed by atoms with E-state index in [1.165, 1.54) is 38.5 Å². The van der Waals surface area contributed by atoms with Gasteiger partial charge < -0.3 is 9.47 Å². The van der Waals surface area contributed by atoms with Crippen LogP contribution in [0.1, 0.15) is 112 Å². The van der Waals surface area contributed by atoms with Crippen molar-refractivity contribution in [3.63, 3.8) is 0 Å². The Labute approximate surface area is 167 Å². The number of unbranched alkanes of at least 4 members (excludes halogenated alkanes) is 6. The van der Waals surface area contributed by atoms with Crippen LogP contribution in [0.5, 0.6) is 0 Å². The Balaban J connectivity index is 3.67. The Kier molecular flexibility index (Phi) is 15.3. The molecule has 0 aromatic carbocycles. The second-order valence-corrected chi connectivity index (χ2v) is 8.63. The van der Waals surface area contributed by atoms with Crippen molar-refractivity contribution in [3.05, 3.63) is 0 Å². The molecule has 0 aromatic heterocycles. The van der Waals surface area contributed by atoms with E-state index in [0.717, 1.165) is 19.3 Å². The quantitative estimate of drug-likeness (QED) is 0.226. The maximum atomic E-state index is 11.7. The van der Waals surface area contributed by atoms with Gasteiger partial charge in [0, 0.05) is 12.8 Å². The van der Waals surface area contributed by atoms with Crippen molar-refractivity contribution in [2.24, 2.45) is 11.8 Å². The van der Waals surface area contributed by atoms with Crippen molar-refractivity contribution in [1.82, 2.24) is 0 Å². The van der Waals surface area contributed by atoms with Crippen molar-refractivity contribution in [2.45, 2.75) is 124 Å². The maximum absolute atomic E-state index is 11.7. The van der Waals surface area contributed by atoms with Crippen molar-refractivity contribution in [1.29, 1.82) is 0 Å². The van der Waals surface area contributed by atoms with E-state index < -0.39 is 0 Å². The lowest BCUT2D eigenvalue weighted by Crippen LogP contribution is -2.15. The molecule has 1 atom stereocenters. The molecule has 1 unspecified atom stereocenters. The van der Waals surface area contributed by atoms with E-state index in [9.17, 15) is 9.59 Å². The first-order valence-corrected chi connectivity index (χ1v) is 11.1. The highest BCUT2D eigenvalue weighted by Crippen LogP contribution is 2.24. The first kappa shape index (κ1) is 25.9. The summed E-state index contributed by atoms with van der Waals surface area (Å²) in [4.78, 5) is 23.2. The van der Waals surface area contributed by atoms with Gasteiger partial charge in [-0.05, 0) is 52.4 Å². The van der Waals surface area contributed by atoms with Gasteiger partial charge in [-0.3, -0.25) is 9.59 Å². The van der Waals surface area contributed by atoms with Crippen molar-refractivity contribution in [3.8, 4) is 0 Å². The summed E-state index contributed by atoms with van der Waals surface area (Å²) in [5, 5.41) is 0. The summed E-state index contributed by atoms with van der Waals surface area (Å²) in [6.07, 6.45) is 11.5. The third kappa shape index (κ3) is 16.8. The van der Waals surface area contributed by atoms with Crippen molar-refractivity contribution >= 4 is 11.9 Å². The van der Waals surface area contributed by atoms with Gasteiger partial charge in [-0.2, -0.15) is 0 Å². The second-order valence-electron chi connectivity index (χ2n) is 8.63. The molecule has 0 N–H and O–H groups in total. The zero-order chi connectivity index (χ0) is 20.7. The van der Waals surface area contributed by atoms with E-state index in [1.54, 1.807) is 0 Å². The third-order valence-corrected chi connectivity index (χ3v) is 4.85. The third-order valence-electron chi connectivity index (χ3n) is 4.85. The van der Waals surface area contributed by atoms with E-state index in [0.29, 0.717) is 24.7 Å². The van der Waals surface area contributed by atoms with Gasteiger partial charge >= 0.3 is 11.9 Å². The minimum atomic E-state index is -0.0676. The number of hydrogen-bond acceptors (Lipinski definition) is 4. The molecule has 0 aliphatic carbocycles. The van der Waals surface area contributed by atoms with Gasteiger partial charge in [-0.15, -0.1) is 0 Å². The zero-order valence-electron chi connectivity index (χ0n) is 18.7. The normalized spacial score (nSPS) is 12.6. The first-order valence-electron chi connectivity index (χ1n) is 11.1. The number of rotatable bonds is 16. The monoisotopic (exact) mass is 384 g/mol. The molecule has 160 valence electrons. The van der Waals surface area contributed by atoms with E-state index in [1.807, 2.05) is 27.7 Å². The lowest BCUT2D eigenvalue weighted by atomic mass is 9.86. The Morgan fingerprint density at radius 1 is 0.593 bits per heavy atom. The van der Waals surface area contributed by atoms with Crippen LogP contribution in [0.2, 0.25) is 0 Å². The summed E-state index contributed by atoms with van der Waals surface area (Å²) in [6, 6.07) is 0. The van der Waals surface area contributed by atoms with Gasteiger partial charge in [-0.25, -0.2) is 0 Å². The largest absolute Gasteiger partial charge is 0.463 e. The molecule has 0 radical (unpaired) electrons. The van der Waals surface area contributed by atoms with Crippen LogP contribution in [0.25, 0.3) is 0 Å². The molecule has 27 heavy (non-hydrogen) atoms. The molecule has 4 nitrogen and oxygen atoms in total. The average Bonchev–Trinajstić information content (AvgIpc) is 2.54. The Morgan fingerprint density at radius 2 is 1.04 bits per heavy atom. The predicted molar refractivity (Wildman–Crippen MR) is 112 cm³/mol. The molecule has 4 heteroatoms. The zero-order valence-corrected chi connectivity index (χ0v) is 18.7. The van der Waals surface area contributed by atoms with E-state index >= 15 is 0 Å². The lowest BCUT2D eigenvalue weighted by molar-refractivity contribution is -0.148. The van der Waals surface area contributed by atoms with Gasteiger partial charge in [0.2, 0.25) is 0 Å². The Hall–Kier alpha value is -1.06. The van der Waals surface area contributed by atoms with Crippen LogP contribution in [0.15, 0.2) is 0 Å². The number of esters is 2. The molecule has 0 saturated carbocycles. The molecule has 0 heterocycles. The van der Waals surface area contributed by atoms with Crippen LogP contribution in [-0.2, 0) is 19.1 Å². The minimum absolute atomic E-state index is 0.00647. The standard InChI is InChI=1S/C23H44O4/c1-18(2)21(16-17-23(25)27-20(5)6)14-12-10-8-7-9-11-13-15-22(24)26-19(3)4/h18-21H,7-17H2,1-6H3. The summed E-state index contributed by atoms with van der Waals surface area (Å²) >= 11 is 0. The van der Waals surface area contributed by atoms with Crippen LogP contribution in [0.3, 0.4) is 0 Å². The highest BCUT2D eigenvalue weighted by atomic mass is 16.5. The highest BCUT2D eigenvalue weighted by Gasteiger charge is 2.16. The SMILES string of the molecule is CC(C)OC(=O)CCCCCCCCCC(CCC(=O)OC(C)C)C(C)C. The molecule has 0 aromatic rings. The average molecular weight is 385 g/mol. The topological polar surface area (TPSA) is 52.6 Å². The van der Waals surface area contributed by atoms with Crippen LogP contribution in [-0.4, -0.2) is 24.1 Å². The second kappa shape index (κ2) is 15.9. The van der Waals surface area contributed by atoms with Gasteiger partial charge in [-0.1, -0.05) is 58.8 Å². The lowest BCUT2D eigenvalue weighted by Gasteiger charge is -2.20. The molecule has 0 aliphatic rings. The predicted octanol–water partition coefficient (Wildman–Crippen LogP) is 6.45.